The molecule has 0 unspecified atom stereocenters. The van der Waals surface area contributed by atoms with Gasteiger partial charge in [0.25, 0.3) is 0 Å². The molecule has 0 bridgehead atoms. The van der Waals surface area contributed by atoms with E-state index in [2.05, 4.69) is 9.97 Å². The summed E-state index contributed by atoms with van der Waals surface area (Å²) in [6.07, 6.45) is 3.05. The Labute approximate surface area is 102 Å². The van der Waals surface area contributed by atoms with E-state index in [0.717, 1.165) is 6.07 Å². The number of carbonyl (C=O) groups is 1. The Hall–Kier alpha value is -2.50. The molecule has 0 aliphatic rings. The minimum absolute atomic E-state index is 0.117. The van der Waals surface area contributed by atoms with Crippen LogP contribution in [0.2, 0.25) is 0 Å². The lowest BCUT2D eigenvalue weighted by Gasteiger charge is -2.05. The number of carbonyl (C=O) groups excluding carboxylic acids is 1. The molecule has 1 aromatic carbocycles. The molecule has 0 fully saturated rings. The van der Waals surface area contributed by atoms with Crippen molar-refractivity contribution in [3.8, 4) is 0 Å². The van der Waals surface area contributed by atoms with E-state index in [1.54, 1.807) is 6.07 Å². The first kappa shape index (κ1) is 12.0. The molecule has 0 saturated carbocycles. The Kier molecular flexibility index (Phi) is 3.47. The van der Waals surface area contributed by atoms with E-state index < -0.39 is 11.8 Å². The van der Waals surface area contributed by atoms with Gasteiger partial charge in [-0.15, -0.1) is 0 Å². The van der Waals surface area contributed by atoms with E-state index in [9.17, 15) is 9.18 Å². The Bertz CT molecular complexity index is 561. The standard InChI is InChI=1S/C12H10FN3O2/c13-10-3-2-8(14)6-9(10)12(17)18-7-11-15-4-1-5-16-11/h1-6H,7,14H2. The Morgan fingerprint density at radius 1 is 1.33 bits per heavy atom. The van der Waals surface area contributed by atoms with Crippen LogP contribution in [0.1, 0.15) is 16.2 Å². The molecule has 0 spiro atoms. The van der Waals surface area contributed by atoms with Crippen molar-refractivity contribution in [1.29, 1.82) is 0 Å². The Morgan fingerprint density at radius 3 is 2.78 bits per heavy atom. The predicted octanol–water partition coefficient (Wildman–Crippen LogP) is 1.55. The average Bonchev–Trinajstić information content (AvgIpc) is 2.40. The lowest BCUT2D eigenvalue weighted by molar-refractivity contribution is 0.0457. The van der Waals surface area contributed by atoms with Crippen LogP contribution in [0.25, 0.3) is 0 Å². The van der Waals surface area contributed by atoms with Crippen molar-refractivity contribution in [2.45, 2.75) is 6.61 Å². The average molecular weight is 247 g/mol. The summed E-state index contributed by atoms with van der Waals surface area (Å²) in [5, 5.41) is 0. The number of benzene rings is 1. The van der Waals surface area contributed by atoms with Gasteiger partial charge >= 0.3 is 5.97 Å². The summed E-state index contributed by atoms with van der Waals surface area (Å²) in [5.74, 6) is -1.13. The van der Waals surface area contributed by atoms with E-state index >= 15 is 0 Å². The normalized spacial score (nSPS) is 10.1. The van der Waals surface area contributed by atoms with Crippen LogP contribution >= 0.6 is 0 Å². The van der Waals surface area contributed by atoms with Crippen LogP contribution in [0.5, 0.6) is 0 Å². The van der Waals surface area contributed by atoms with Crippen molar-refractivity contribution >= 4 is 11.7 Å². The zero-order valence-electron chi connectivity index (χ0n) is 9.34. The van der Waals surface area contributed by atoms with Crippen molar-refractivity contribution < 1.29 is 13.9 Å². The number of hydrogen-bond acceptors (Lipinski definition) is 5. The third kappa shape index (κ3) is 2.79. The number of nitrogens with two attached hydrogens (primary N) is 1. The molecule has 1 aromatic heterocycles. The maximum Gasteiger partial charge on any atom is 0.341 e. The topological polar surface area (TPSA) is 78.1 Å². The fourth-order valence-corrected chi connectivity index (χ4v) is 1.31. The summed E-state index contributed by atoms with van der Waals surface area (Å²) in [7, 11) is 0. The van der Waals surface area contributed by atoms with Gasteiger partial charge in [0, 0.05) is 18.1 Å². The number of anilines is 1. The fourth-order valence-electron chi connectivity index (χ4n) is 1.31. The summed E-state index contributed by atoms with van der Waals surface area (Å²) in [4.78, 5) is 19.4. The first-order valence-electron chi connectivity index (χ1n) is 5.15. The minimum atomic E-state index is -0.799. The van der Waals surface area contributed by atoms with Crippen LogP contribution < -0.4 is 5.73 Å². The number of nitrogen functional groups attached to an aromatic ring is 1. The van der Waals surface area contributed by atoms with Gasteiger partial charge in [-0.05, 0) is 24.3 Å². The molecule has 0 saturated heterocycles. The second-order valence-corrected chi connectivity index (χ2v) is 3.48. The highest BCUT2D eigenvalue weighted by molar-refractivity contribution is 5.90. The number of ether oxygens (including phenoxy) is 1. The molecule has 6 heteroatoms. The van der Waals surface area contributed by atoms with E-state index in [1.807, 2.05) is 0 Å². The van der Waals surface area contributed by atoms with Gasteiger partial charge in [-0.3, -0.25) is 0 Å². The highest BCUT2D eigenvalue weighted by atomic mass is 19.1. The summed E-state index contributed by atoms with van der Waals surface area (Å²) < 4.78 is 18.2. The van der Waals surface area contributed by atoms with Gasteiger partial charge in [0.05, 0.1) is 5.56 Å². The smallest absolute Gasteiger partial charge is 0.341 e. The van der Waals surface area contributed by atoms with Crippen LogP contribution in [0, 0.1) is 5.82 Å². The second kappa shape index (κ2) is 5.22. The van der Waals surface area contributed by atoms with Crippen LogP contribution in [-0.4, -0.2) is 15.9 Å². The highest BCUT2D eigenvalue weighted by Crippen LogP contribution is 2.13. The maximum atomic E-state index is 13.4. The summed E-state index contributed by atoms with van der Waals surface area (Å²) in [5.41, 5.74) is 5.56. The molecule has 0 amide bonds. The summed E-state index contributed by atoms with van der Waals surface area (Å²) in [6.45, 7) is -0.117. The molecule has 2 rings (SSSR count). The van der Waals surface area contributed by atoms with Crippen molar-refractivity contribution in [3.05, 3.63) is 53.9 Å². The van der Waals surface area contributed by atoms with Crippen molar-refractivity contribution in [3.63, 3.8) is 0 Å². The van der Waals surface area contributed by atoms with Gasteiger partial charge in [0.2, 0.25) is 0 Å². The second-order valence-electron chi connectivity index (χ2n) is 3.48. The molecule has 5 nitrogen and oxygen atoms in total. The van der Waals surface area contributed by atoms with Crippen molar-refractivity contribution in [2.75, 3.05) is 5.73 Å². The lowest BCUT2D eigenvalue weighted by atomic mass is 10.2. The first-order chi connectivity index (χ1) is 8.66. The highest BCUT2D eigenvalue weighted by Gasteiger charge is 2.14. The molecule has 1 heterocycles. The van der Waals surface area contributed by atoms with Crippen LogP contribution in [0.3, 0.4) is 0 Å². The van der Waals surface area contributed by atoms with Gasteiger partial charge < -0.3 is 10.5 Å². The summed E-state index contributed by atoms with van der Waals surface area (Å²) in [6, 6.07) is 5.35. The van der Waals surface area contributed by atoms with Crippen molar-refractivity contribution in [2.24, 2.45) is 0 Å². The van der Waals surface area contributed by atoms with E-state index in [0.29, 0.717) is 11.5 Å². The molecule has 0 atom stereocenters. The lowest BCUT2D eigenvalue weighted by Crippen LogP contribution is -2.09. The van der Waals surface area contributed by atoms with Gasteiger partial charge in [-0.25, -0.2) is 19.2 Å². The molecule has 0 radical (unpaired) electrons. The number of nitrogens with zero attached hydrogens (tertiary/aromatic N) is 2. The largest absolute Gasteiger partial charge is 0.454 e. The zero-order valence-corrected chi connectivity index (χ0v) is 9.34. The molecular formula is C12H10FN3O2. The van der Waals surface area contributed by atoms with Crippen LogP contribution in [0.15, 0.2) is 36.7 Å². The number of hydrogen-bond donors (Lipinski definition) is 1. The van der Waals surface area contributed by atoms with Crippen LogP contribution in [-0.2, 0) is 11.3 Å². The molecule has 2 N–H and O–H groups in total. The zero-order chi connectivity index (χ0) is 13.0. The fraction of sp³-hybridized carbons (Fsp3) is 0.0833. The predicted molar refractivity (Wildman–Crippen MR) is 62.0 cm³/mol. The van der Waals surface area contributed by atoms with Crippen LogP contribution in [0.4, 0.5) is 10.1 Å². The SMILES string of the molecule is Nc1ccc(F)c(C(=O)OCc2ncccn2)c1. The monoisotopic (exact) mass is 247 g/mol. The van der Waals surface area contributed by atoms with E-state index in [-0.39, 0.29) is 12.2 Å². The third-order valence-electron chi connectivity index (χ3n) is 2.16. The number of aromatic nitrogens is 2. The molecule has 18 heavy (non-hydrogen) atoms. The maximum absolute atomic E-state index is 13.4. The molecule has 0 aliphatic heterocycles. The Morgan fingerprint density at radius 2 is 2.06 bits per heavy atom. The molecule has 0 aliphatic carbocycles. The molecule has 2 aromatic rings. The van der Waals surface area contributed by atoms with Gasteiger partial charge in [-0.1, -0.05) is 0 Å². The van der Waals surface area contributed by atoms with Gasteiger partial charge in [0.1, 0.15) is 5.82 Å². The number of rotatable bonds is 3. The van der Waals surface area contributed by atoms with Crippen molar-refractivity contribution in [1.82, 2.24) is 9.97 Å². The molecule has 92 valence electrons. The van der Waals surface area contributed by atoms with Gasteiger partial charge in [0.15, 0.2) is 12.4 Å². The van der Waals surface area contributed by atoms with Gasteiger partial charge in [-0.2, -0.15) is 0 Å². The van der Waals surface area contributed by atoms with E-state index in [1.165, 1.54) is 24.5 Å². The third-order valence-corrected chi connectivity index (χ3v) is 2.16. The first-order valence-corrected chi connectivity index (χ1v) is 5.15. The molecular weight excluding hydrogens is 237 g/mol. The Balaban J connectivity index is 2.06. The number of halogens is 1. The number of esters is 1. The summed E-state index contributed by atoms with van der Waals surface area (Å²) >= 11 is 0. The minimum Gasteiger partial charge on any atom is -0.454 e. The van der Waals surface area contributed by atoms with E-state index in [4.69, 9.17) is 10.5 Å². The quantitative estimate of drug-likeness (QED) is 0.657.